The van der Waals surface area contributed by atoms with Crippen LogP contribution in [0.3, 0.4) is 0 Å². The fourth-order valence-corrected chi connectivity index (χ4v) is 3.87. The van der Waals surface area contributed by atoms with Crippen LogP contribution in [0.4, 0.5) is 0 Å². The molecule has 2 unspecified atom stereocenters. The summed E-state index contributed by atoms with van der Waals surface area (Å²) in [6, 6.07) is 0.711. The van der Waals surface area contributed by atoms with E-state index in [9.17, 15) is 0 Å². The molecule has 4 heteroatoms. The molecule has 0 radical (unpaired) electrons. The van der Waals surface area contributed by atoms with Crippen molar-refractivity contribution < 1.29 is 0 Å². The summed E-state index contributed by atoms with van der Waals surface area (Å²) in [5.41, 5.74) is 0. The standard InChI is InChI=1S/C13H25N3S/c1-10(2)7-12-9-15-13(17-12)14-8-11-5-4-6-16(11)3/h10-12H,4-9H2,1-3H3,(H,14,15). The van der Waals surface area contributed by atoms with Gasteiger partial charge in [-0.1, -0.05) is 25.6 Å². The molecule has 0 aromatic rings. The molecule has 0 bridgehead atoms. The minimum atomic E-state index is 0.707. The molecule has 98 valence electrons. The second kappa shape index (κ2) is 6.10. The van der Waals surface area contributed by atoms with E-state index < -0.39 is 0 Å². The summed E-state index contributed by atoms with van der Waals surface area (Å²) in [7, 11) is 2.23. The number of likely N-dealkylation sites (N-methyl/N-ethyl adjacent to an activating group) is 1. The highest BCUT2D eigenvalue weighted by atomic mass is 32.2. The molecule has 0 saturated carbocycles. The minimum absolute atomic E-state index is 0.707. The molecule has 2 aliphatic heterocycles. The molecule has 1 N–H and O–H groups in total. The van der Waals surface area contributed by atoms with E-state index in [4.69, 9.17) is 0 Å². The van der Waals surface area contributed by atoms with Crippen molar-refractivity contribution in [2.45, 2.75) is 44.4 Å². The molecule has 3 nitrogen and oxygen atoms in total. The van der Waals surface area contributed by atoms with Crippen LogP contribution in [-0.2, 0) is 0 Å². The van der Waals surface area contributed by atoms with Gasteiger partial charge in [0.1, 0.15) is 0 Å². The smallest absolute Gasteiger partial charge is 0.156 e. The van der Waals surface area contributed by atoms with E-state index in [0.29, 0.717) is 11.3 Å². The number of nitrogens with one attached hydrogen (secondary N) is 1. The van der Waals surface area contributed by atoms with E-state index in [0.717, 1.165) is 19.0 Å². The van der Waals surface area contributed by atoms with Crippen molar-refractivity contribution in [2.24, 2.45) is 10.9 Å². The Morgan fingerprint density at radius 3 is 3.00 bits per heavy atom. The lowest BCUT2D eigenvalue weighted by Crippen LogP contribution is -2.37. The molecule has 0 aromatic carbocycles. The van der Waals surface area contributed by atoms with Crippen molar-refractivity contribution in [3.05, 3.63) is 0 Å². The van der Waals surface area contributed by atoms with E-state index in [-0.39, 0.29) is 0 Å². The fraction of sp³-hybridized carbons (Fsp3) is 0.923. The van der Waals surface area contributed by atoms with E-state index in [1.165, 1.54) is 31.0 Å². The lowest BCUT2D eigenvalue weighted by Gasteiger charge is -2.20. The zero-order valence-corrected chi connectivity index (χ0v) is 12.1. The third-order valence-corrected chi connectivity index (χ3v) is 4.78. The number of hydrogen-bond acceptors (Lipinski definition) is 4. The maximum absolute atomic E-state index is 4.61. The largest absolute Gasteiger partial charge is 0.363 e. The van der Waals surface area contributed by atoms with Gasteiger partial charge in [-0.05, 0) is 38.8 Å². The Hall–Kier alpha value is -0.220. The molecule has 2 aliphatic rings. The molecule has 2 atom stereocenters. The monoisotopic (exact) mass is 255 g/mol. The predicted octanol–water partition coefficient (Wildman–Crippen LogP) is 2.19. The van der Waals surface area contributed by atoms with Crippen molar-refractivity contribution in [3.8, 4) is 0 Å². The zero-order chi connectivity index (χ0) is 12.3. The highest BCUT2D eigenvalue weighted by Gasteiger charge is 2.24. The van der Waals surface area contributed by atoms with Crippen molar-refractivity contribution >= 4 is 16.9 Å². The summed E-state index contributed by atoms with van der Waals surface area (Å²) < 4.78 is 0. The van der Waals surface area contributed by atoms with Gasteiger partial charge in [-0.25, -0.2) is 0 Å². The van der Waals surface area contributed by atoms with Crippen LogP contribution in [0.15, 0.2) is 4.99 Å². The van der Waals surface area contributed by atoms with Crippen LogP contribution < -0.4 is 5.32 Å². The number of likely N-dealkylation sites (tertiary alicyclic amines) is 1. The highest BCUT2D eigenvalue weighted by molar-refractivity contribution is 8.14. The van der Waals surface area contributed by atoms with E-state index >= 15 is 0 Å². The Kier molecular flexibility index (Phi) is 4.74. The number of aliphatic imine (C=N–C) groups is 1. The first kappa shape index (κ1) is 13.2. The average Bonchev–Trinajstić information content (AvgIpc) is 2.84. The Morgan fingerprint density at radius 1 is 1.53 bits per heavy atom. The summed E-state index contributed by atoms with van der Waals surface area (Å²) in [5.74, 6) is 0.781. The number of rotatable bonds is 4. The second-order valence-electron chi connectivity index (χ2n) is 5.67. The van der Waals surface area contributed by atoms with Crippen LogP contribution in [-0.4, -0.2) is 48.0 Å². The van der Waals surface area contributed by atoms with Gasteiger partial charge in [0.25, 0.3) is 0 Å². The Morgan fingerprint density at radius 2 is 2.35 bits per heavy atom. The normalized spacial score (nSPS) is 30.0. The lowest BCUT2D eigenvalue weighted by atomic mass is 10.1. The molecule has 0 aromatic heterocycles. The Balaban J connectivity index is 1.67. The number of amidine groups is 1. The van der Waals surface area contributed by atoms with E-state index in [2.05, 4.69) is 36.1 Å². The van der Waals surface area contributed by atoms with Crippen LogP contribution in [0, 0.1) is 5.92 Å². The maximum atomic E-state index is 4.61. The summed E-state index contributed by atoms with van der Waals surface area (Å²) in [5, 5.41) is 5.41. The Labute approximate surface area is 109 Å². The molecular formula is C13H25N3S. The van der Waals surface area contributed by atoms with Gasteiger partial charge in [0.05, 0.1) is 6.54 Å². The van der Waals surface area contributed by atoms with E-state index in [1.807, 2.05) is 11.8 Å². The van der Waals surface area contributed by atoms with Crippen molar-refractivity contribution in [3.63, 3.8) is 0 Å². The lowest BCUT2D eigenvalue weighted by molar-refractivity contribution is 0.310. The maximum Gasteiger partial charge on any atom is 0.156 e. The van der Waals surface area contributed by atoms with Crippen LogP contribution in [0.5, 0.6) is 0 Å². The molecule has 2 rings (SSSR count). The van der Waals surface area contributed by atoms with Gasteiger partial charge in [-0.2, -0.15) is 0 Å². The van der Waals surface area contributed by atoms with Crippen LogP contribution in [0.2, 0.25) is 0 Å². The van der Waals surface area contributed by atoms with Gasteiger partial charge in [-0.15, -0.1) is 0 Å². The third kappa shape index (κ3) is 3.88. The quantitative estimate of drug-likeness (QED) is 0.834. The van der Waals surface area contributed by atoms with Gasteiger partial charge in [0.15, 0.2) is 5.17 Å². The molecule has 0 spiro atoms. The summed E-state index contributed by atoms with van der Waals surface area (Å²) in [4.78, 5) is 7.06. The summed E-state index contributed by atoms with van der Waals surface area (Å²) >= 11 is 1.94. The first-order chi connectivity index (χ1) is 8.15. The molecule has 2 heterocycles. The fourth-order valence-electron chi connectivity index (χ4n) is 2.61. The molecule has 1 saturated heterocycles. The van der Waals surface area contributed by atoms with Gasteiger partial charge in [-0.3, -0.25) is 4.99 Å². The first-order valence-corrected chi connectivity index (χ1v) is 7.68. The number of nitrogens with zero attached hydrogens (tertiary/aromatic N) is 2. The first-order valence-electron chi connectivity index (χ1n) is 6.80. The van der Waals surface area contributed by atoms with Gasteiger partial charge >= 0.3 is 0 Å². The predicted molar refractivity (Wildman–Crippen MR) is 76.8 cm³/mol. The molecule has 17 heavy (non-hydrogen) atoms. The summed E-state index contributed by atoms with van der Waals surface area (Å²) in [6.07, 6.45) is 3.96. The number of hydrogen-bond donors (Lipinski definition) is 1. The average molecular weight is 255 g/mol. The van der Waals surface area contributed by atoms with Crippen molar-refractivity contribution in [2.75, 3.05) is 26.7 Å². The minimum Gasteiger partial charge on any atom is -0.363 e. The van der Waals surface area contributed by atoms with Crippen LogP contribution >= 0.6 is 11.8 Å². The molecule has 0 amide bonds. The third-order valence-electron chi connectivity index (χ3n) is 3.61. The molecule has 0 aliphatic carbocycles. The SMILES string of the molecule is CC(C)CC1CN=C(NCC2CCCN2C)S1. The van der Waals surface area contributed by atoms with Crippen molar-refractivity contribution in [1.29, 1.82) is 0 Å². The van der Waals surface area contributed by atoms with E-state index in [1.54, 1.807) is 0 Å². The summed E-state index contributed by atoms with van der Waals surface area (Å²) in [6.45, 7) is 7.91. The van der Waals surface area contributed by atoms with Gasteiger partial charge in [0.2, 0.25) is 0 Å². The molecular weight excluding hydrogens is 230 g/mol. The number of thioether (sulfide) groups is 1. The Bertz CT molecular complexity index is 278. The zero-order valence-electron chi connectivity index (χ0n) is 11.3. The molecule has 1 fully saturated rings. The van der Waals surface area contributed by atoms with Gasteiger partial charge < -0.3 is 10.2 Å². The van der Waals surface area contributed by atoms with Crippen LogP contribution in [0.25, 0.3) is 0 Å². The highest BCUT2D eigenvalue weighted by Crippen LogP contribution is 2.25. The van der Waals surface area contributed by atoms with Crippen molar-refractivity contribution in [1.82, 2.24) is 10.2 Å². The van der Waals surface area contributed by atoms with Gasteiger partial charge in [0, 0.05) is 17.8 Å². The second-order valence-corrected chi connectivity index (χ2v) is 6.96. The topological polar surface area (TPSA) is 27.6 Å². The van der Waals surface area contributed by atoms with Crippen LogP contribution in [0.1, 0.15) is 33.1 Å².